The van der Waals surface area contributed by atoms with Crippen LogP contribution in [0.15, 0.2) is 47.5 Å². The Bertz CT molecular complexity index is 954. The molecule has 1 atom stereocenters. The van der Waals surface area contributed by atoms with Gasteiger partial charge in [-0.05, 0) is 24.1 Å². The summed E-state index contributed by atoms with van der Waals surface area (Å²) in [5, 5.41) is 6.54. The molecular formula is C22H29N5O3. The van der Waals surface area contributed by atoms with Gasteiger partial charge in [-0.1, -0.05) is 19.9 Å². The van der Waals surface area contributed by atoms with Crippen LogP contribution in [0.3, 0.4) is 0 Å². The van der Waals surface area contributed by atoms with Crippen LogP contribution in [0.5, 0.6) is 5.88 Å². The lowest BCUT2D eigenvalue weighted by atomic mass is 10.1. The Balaban J connectivity index is 1.63. The lowest BCUT2D eigenvalue weighted by Crippen LogP contribution is -2.31. The molecule has 3 rings (SSSR count). The first-order valence-electron chi connectivity index (χ1n) is 10.1. The molecule has 0 saturated carbocycles. The summed E-state index contributed by atoms with van der Waals surface area (Å²) in [5.74, 6) is 0.506. The van der Waals surface area contributed by atoms with Crippen LogP contribution in [0.4, 0.5) is 5.69 Å². The number of likely N-dealkylation sites (tertiary alicyclic amines) is 1. The molecule has 30 heavy (non-hydrogen) atoms. The predicted molar refractivity (Wildman–Crippen MR) is 118 cm³/mol. The third kappa shape index (κ3) is 5.70. The van der Waals surface area contributed by atoms with Gasteiger partial charge in [0.05, 0.1) is 7.11 Å². The molecule has 8 nitrogen and oxygen atoms in total. The number of hydrogen-bond donors (Lipinski definition) is 3. The molecule has 0 spiro atoms. The van der Waals surface area contributed by atoms with E-state index >= 15 is 0 Å². The highest BCUT2D eigenvalue weighted by atomic mass is 16.5. The lowest BCUT2D eigenvalue weighted by molar-refractivity contribution is -0.125. The van der Waals surface area contributed by atoms with Gasteiger partial charge >= 0.3 is 0 Å². The number of nitrogens with one attached hydrogen (secondary N) is 3. The van der Waals surface area contributed by atoms with Crippen LogP contribution in [0, 0.1) is 0 Å². The molecule has 2 aromatic heterocycles. The fraction of sp³-hybridized carbons (Fsp3) is 0.409. The van der Waals surface area contributed by atoms with Crippen molar-refractivity contribution in [2.75, 3.05) is 32.1 Å². The highest BCUT2D eigenvalue weighted by Gasteiger charge is 2.25. The third-order valence-electron chi connectivity index (χ3n) is 4.94. The SMILES string of the molecule is COc1cc(-c2c[nH]c(=O)c(N[C@H]3CCN(C(=O)C=CCNC(C)C)C3)c2)ccn1. The van der Waals surface area contributed by atoms with Gasteiger partial charge in [0.15, 0.2) is 0 Å². The van der Waals surface area contributed by atoms with E-state index in [0.29, 0.717) is 37.2 Å². The summed E-state index contributed by atoms with van der Waals surface area (Å²) in [6, 6.07) is 5.89. The van der Waals surface area contributed by atoms with Gasteiger partial charge in [-0.3, -0.25) is 9.59 Å². The van der Waals surface area contributed by atoms with Gasteiger partial charge in [0.1, 0.15) is 5.69 Å². The van der Waals surface area contributed by atoms with Gasteiger partial charge in [0.2, 0.25) is 11.8 Å². The van der Waals surface area contributed by atoms with Gasteiger partial charge in [-0.2, -0.15) is 0 Å². The molecule has 160 valence electrons. The van der Waals surface area contributed by atoms with Crippen molar-refractivity contribution in [1.82, 2.24) is 20.2 Å². The Hall–Kier alpha value is -3.13. The number of pyridine rings is 2. The minimum Gasteiger partial charge on any atom is -0.481 e. The van der Waals surface area contributed by atoms with E-state index in [2.05, 4.69) is 34.4 Å². The van der Waals surface area contributed by atoms with E-state index in [0.717, 1.165) is 17.5 Å². The van der Waals surface area contributed by atoms with E-state index in [1.807, 2.05) is 24.3 Å². The summed E-state index contributed by atoms with van der Waals surface area (Å²) in [4.78, 5) is 33.3. The molecule has 1 saturated heterocycles. The van der Waals surface area contributed by atoms with Crippen molar-refractivity contribution in [2.45, 2.75) is 32.4 Å². The Labute approximate surface area is 176 Å². The molecule has 3 heterocycles. The molecule has 0 aliphatic carbocycles. The topological polar surface area (TPSA) is 99.4 Å². The van der Waals surface area contributed by atoms with Crippen LogP contribution in [0.25, 0.3) is 11.1 Å². The Morgan fingerprint density at radius 2 is 2.23 bits per heavy atom. The van der Waals surface area contributed by atoms with Crippen LogP contribution in [0.1, 0.15) is 20.3 Å². The predicted octanol–water partition coefficient (Wildman–Crippen LogP) is 2.01. The molecule has 1 aliphatic heterocycles. The standard InChI is InChI=1S/C22H29N5O3/c1-15(2)23-8-4-5-21(28)27-10-7-18(14-27)26-19-11-17(13-25-22(19)29)16-6-9-24-20(12-16)30-3/h4-6,9,11-13,15,18,23,26H,7-8,10,14H2,1-3H3,(H,25,29)/t18-/m0/s1. The molecular weight excluding hydrogens is 382 g/mol. The minimum atomic E-state index is -0.191. The van der Waals surface area contributed by atoms with Gasteiger partial charge in [0.25, 0.3) is 5.56 Å². The molecule has 1 amide bonds. The van der Waals surface area contributed by atoms with Crippen molar-refractivity contribution in [2.24, 2.45) is 0 Å². The first-order valence-corrected chi connectivity index (χ1v) is 10.1. The molecule has 2 aromatic rings. The molecule has 1 fully saturated rings. The largest absolute Gasteiger partial charge is 0.481 e. The maximum Gasteiger partial charge on any atom is 0.271 e. The Morgan fingerprint density at radius 3 is 3.00 bits per heavy atom. The van der Waals surface area contributed by atoms with E-state index in [1.54, 1.807) is 30.5 Å². The van der Waals surface area contributed by atoms with Crippen LogP contribution in [-0.4, -0.2) is 59.6 Å². The van der Waals surface area contributed by atoms with E-state index < -0.39 is 0 Å². The molecule has 0 unspecified atom stereocenters. The fourth-order valence-electron chi connectivity index (χ4n) is 3.33. The first kappa shape index (κ1) is 21.6. The van der Waals surface area contributed by atoms with Crippen molar-refractivity contribution in [3.63, 3.8) is 0 Å². The van der Waals surface area contributed by atoms with Crippen LogP contribution >= 0.6 is 0 Å². The van der Waals surface area contributed by atoms with E-state index in [1.165, 1.54) is 0 Å². The minimum absolute atomic E-state index is 0.00334. The fourth-order valence-corrected chi connectivity index (χ4v) is 3.33. The Kier molecular flexibility index (Phi) is 7.24. The highest BCUT2D eigenvalue weighted by molar-refractivity contribution is 5.87. The second-order valence-electron chi connectivity index (χ2n) is 7.60. The Morgan fingerprint density at radius 1 is 1.40 bits per heavy atom. The molecule has 0 bridgehead atoms. The number of aromatic nitrogens is 2. The maximum absolute atomic E-state index is 12.4. The van der Waals surface area contributed by atoms with Gasteiger partial charge in [-0.25, -0.2) is 4.98 Å². The molecule has 0 radical (unpaired) electrons. The van der Waals surface area contributed by atoms with Crippen molar-refractivity contribution in [3.8, 4) is 17.0 Å². The molecule has 1 aliphatic rings. The summed E-state index contributed by atoms with van der Waals surface area (Å²) in [7, 11) is 1.56. The summed E-state index contributed by atoms with van der Waals surface area (Å²) in [6.07, 6.45) is 7.58. The zero-order chi connectivity index (χ0) is 21.5. The number of amides is 1. The number of rotatable bonds is 8. The number of H-pyrrole nitrogens is 1. The van der Waals surface area contributed by atoms with Crippen LogP contribution in [0.2, 0.25) is 0 Å². The second kappa shape index (κ2) is 10.1. The first-order chi connectivity index (χ1) is 14.5. The average molecular weight is 412 g/mol. The average Bonchev–Trinajstić information content (AvgIpc) is 3.21. The molecule has 0 aromatic carbocycles. The van der Waals surface area contributed by atoms with Crippen molar-refractivity contribution < 1.29 is 9.53 Å². The number of ether oxygens (including phenoxy) is 1. The molecule has 8 heteroatoms. The number of aromatic amines is 1. The van der Waals surface area contributed by atoms with Gasteiger partial charge in [-0.15, -0.1) is 0 Å². The summed E-state index contributed by atoms with van der Waals surface area (Å²) < 4.78 is 5.17. The van der Waals surface area contributed by atoms with Crippen molar-refractivity contribution in [1.29, 1.82) is 0 Å². The van der Waals surface area contributed by atoms with Gasteiger partial charge < -0.3 is 25.3 Å². The van der Waals surface area contributed by atoms with Gasteiger partial charge in [0, 0.05) is 61.8 Å². The third-order valence-corrected chi connectivity index (χ3v) is 4.94. The maximum atomic E-state index is 12.4. The second-order valence-corrected chi connectivity index (χ2v) is 7.60. The quantitative estimate of drug-likeness (QED) is 0.575. The van der Waals surface area contributed by atoms with E-state index in [-0.39, 0.29) is 17.5 Å². The smallest absolute Gasteiger partial charge is 0.271 e. The summed E-state index contributed by atoms with van der Waals surface area (Å²) in [6.45, 7) is 6.02. The number of anilines is 1. The number of methoxy groups -OCH3 is 1. The van der Waals surface area contributed by atoms with Crippen LogP contribution in [-0.2, 0) is 4.79 Å². The van der Waals surface area contributed by atoms with E-state index in [9.17, 15) is 9.59 Å². The summed E-state index contributed by atoms with van der Waals surface area (Å²) in [5.41, 5.74) is 2.04. The monoisotopic (exact) mass is 411 g/mol. The summed E-state index contributed by atoms with van der Waals surface area (Å²) >= 11 is 0. The zero-order valence-electron chi connectivity index (χ0n) is 17.6. The molecule has 3 N–H and O–H groups in total. The van der Waals surface area contributed by atoms with E-state index in [4.69, 9.17) is 4.74 Å². The van der Waals surface area contributed by atoms with Crippen LogP contribution < -0.4 is 20.9 Å². The highest BCUT2D eigenvalue weighted by Crippen LogP contribution is 2.23. The normalized spacial score (nSPS) is 16.4. The number of nitrogens with zero attached hydrogens (tertiary/aromatic N) is 2. The number of carbonyl (C=O) groups is 1. The van der Waals surface area contributed by atoms with Crippen molar-refractivity contribution in [3.05, 3.63) is 53.1 Å². The zero-order valence-corrected chi connectivity index (χ0v) is 17.6. The lowest BCUT2D eigenvalue weighted by Gasteiger charge is -2.16. The van der Waals surface area contributed by atoms with Crippen molar-refractivity contribution >= 4 is 11.6 Å². The number of hydrogen-bond acceptors (Lipinski definition) is 6. The number of carbonyl (C=O) groups excluding carboxylic acids is 1.